The van der Waals surface area contributed by atoms with E-state index in [1.54, 1.807) is 21.1 Å². The minimum atomic E-state index is -1.13. The summed E-state index contributed by atoms with van der Waals surface area (Å²) in [6.07, 6.45) is 60.7. The number of nitrogens with zero attached hydrogens (tertiary/aromatic N) is 1. The summed E-state index contributed by atoms with van der Waals surface area (Å²) in [4.78, 5) is 37.1. The molecule has 0 aliphatic heterocycles. The molecule has 8 nitrogen and oxygen atoms in total. The quantitative estimate of drug-likeness (QED) is 0.0197. The summed E-state index contributed by atoms with van der Waals surface area (Å²) in [5, 5.41) is 11.7. The van der Waals surface area contributed by atoms with Crippen molar-refractivity contribution >= 4 is 17.9 Å². The number of ether oxygens (including phenoxy) is 3. The topological polar surface area (TPSA) is 102 Å². The van der Waals surface area contributed by atoms with Gasteiger partial charge in [-0.3, -0.25) is 9.59 Å². The van der Waals surface area contributed by atoms with Gasteiger partial charge >= 0.3 is 11.9 Å². The number of carbonyl (C=O) groups excluding carboxylic acids is 3. The fraction of sp³-hybridized carbons (Fsp3) is 0.737. The van der Waals surface area contributed by atoms with Crippen LogP contribution >= 0.6 is 0 Å². The number of esters is 2. The van der Waals surface area contributed by atoms with Gasteiger partial charge in [-0.25, -0.2) is 0 Å². The van der Waals surface area contributed by atoms with Crippen molar-refractivity contribution in [3.8, 4) is 0 Å². The Morgan fingerprint density at radius 2 is 0.877 bits per heavy atom. The van der Waals surface area contributed by atoms with Crippen molar-refractivity contribution < 1.29 is 38.2 Å². The lowest BCUT2D eigenvalue weighted by atomic mass is 10.1. The molecule has 65 heavy (non-hydrogen) atoms. The van der Waals surface area contributed by atoms with Gasteiger partial charge in [0.2, 0.25) is 0 Å². The largest absolute Gasteiger partial charge is 0.544 e. The van der Waals surface area contributed by atoms with Crippen molar-refractivity contribution in [3.05, 3.63) is 72.9 Å². The number of hydrogen-bond acceptors (Lipinski definition) is 7. The first-order valence-electron chi connectivity index (χ1n) is 26.5. The van der Waals surface area contributed by atoms with Gasteiger partial charge in [0.05, 0.1) is 40.3 Å². The van der Waals surface area contributed by atoms with Gasteiger partial charge in [0.1, 0.15) is 12.6 Å². The Balaban J connectivity index is 4.30. The Kier molecular flexibility index (Phi) is 44.9. The fourth-order valence-corrected chi connectivity index (χ4v) is 7.53. The Labute approximate surface area is 400 Å². The van der Waals surface area contributed by atoms with Gasteiger partial charge in [0, 0.05) is 19.3 Å². The molecule has 0 amide bonds. The van der Waals surface area contributed by atoms with Crippen molar-refractivity contribution in [2.24, 2.45) is 0 Å². The number of hydrogen-bond donors (Lipinski definition) is 0. The van der Waals surface area contributed by atoms with E-state index in [1.165, 1.54) is 103 Å². The van der Waals surface area contributed by atoms with E-state index in [1.807, 2.05) is 0 Å². The lowest BCUT2D eigenvalue weighted by Crippen LogP contribution is -2.55. The predicted octanol–water partition coefficient (Wildman–Crippen LogP) is 14.1. The van der Waals surface area contributed by atoms with Gasteiger partial charge in [-0.05, 0) is 70.6 Å². The van der Waals surface area contributed by atoms with Gasteiger partial charge in [-0.1, -0.05) is 202 Å². The second-order valence-corrected chi connectivity index (χ2v) is 18.8. The summed E-state index contributed by atoms with van der Waals surface area (Å²) in [5.41, 5.74) is 0. The number of carboxylic acid groups (broad SMARTS) is 1. The lowest BCUT2D eigenvalue weighted by molar-refractivity contribution is -0.889. The number of aliphatic carboxylic acids is 1. The van der Waals surface area contributed by atoms with E-state index in [9.17, 15) is 19.5 Å². The number of unbranched alkanes of at least 4 members (excludes halogenated alkanes) is 24. The average molecular weight is 910 g/mol. The number of quaternary nitrogens is 1. The third-order valence-electron chi connectivity index (χ3n) is 11.7. The highest BCUT2D eigenvalue weighted by Gasteiger charge is 2.25. The van der Waals surface area contributed by atoms with Crippen LogP contribution in [0.3, 0.4) is 0 Å². The molecule has 0 spiro atoms. The first-order chi connectivity index (χ1) is 31.6. The van der Waals surface area contributed by atoms with Crippen LogP contribution in [0.5, 0.6) is 0 Å². The number of rotatable bonds is 47. The molecule has 0 aliphatic carbocycles. The van der Waals surface area contributed by atoms with Crippen molar-refractivity contribution in [1.82, 2.24) is 0 Å². The smallest absolute Gasteiger partial charge is 0.306 e. The summed E-state index contributed by atoms with van der Waals surface area (Å²) in [7, 11) is 5.40. The Bertz CT molecular complexity index is 1290. The van der Waals surface area contributed by atoms with Gasteiger partial charge < -0.3 is 28.6 Å². The zero-order chi connectivity index (χ0) is 47.7. The van der Waals surface area contributed by atoms with Crippen LogP contribution < -0.4 is 5.11 Å². The van der Waals surface area contributed by atoms with E-state index >= 15 is 0 Å². The minimum Gasteiger partial charge on any atom is -0.544 e. The molecule has 2 atom stereocenters. The summed E-state index contributed by atoms with van der Waals surface area (Å²) in [6, 6.07) is -0.735. The highest BCUT2D eigenvalue weighted by atomic mass is 16.6. The van der Waals surface area contributed by atoms with Gasteiger partial charge in [0.15, 0.2) is 6.10 Å². The van der Waals surface area contributed by atoms with Crippen molar-refractivity contribution in [2.45, 2.75) is 231 Å². The molecule has 2 unspecified atom stereocenters. The molecule has 0 aromatic heterocycles. The number of carbonyl (C=O) groups is 3. The summed E-state index contributed by atoms with van der Waals surface area (Å²) < 4.78 is 17.2. The molecule has 0 bridgehead atoms. The molecule has 0 aromatic rings. The second kappa shape index (κ2) is 47.3. The molecule has 0 fully saturated rings. The summed E-state index contributed by atoms with van der Waals surface area (Å²) in [5.74, 6) is -1.78. The van der Waals surface area contributed by atoms with E-state index in [0.29, 0.717) is 12.8 Å². The molecule has 0 saturated heterocycles. The highest BCUT2D eigenvalue weighted by molar-refractivity contribution is 5.70. The van der Waals surface area contributed by atoms with Crippen LogP contribution in [-0.2, 0) is 28.6 Å². The highest BCUT2D eigenvalue weighted by Crippen LogP contribution is 2.14. The van der Waals surface area contributed by atoms with Crippen LogP contribution in [0.4, 0.5) is 0 Å². The van der Waals surface area contributed by atoms with Crippen LogP contribution in [-0.4, -0.2) is 75.5 Å². The summed E-state index contributed by atoms with van der Waals surface area (Å²) >= 11 is 0. The molecule has 0 N–H and O–H groups in total. The maximum absolute atomic E-state index is 12.8. The molecule has 0 saturated carbocycles. The summed E-state index contributed by atoms with van der Waals surface area (Å²) in [6.45, 7) is 4.60. The molecule has 0 heterocycles. The Hall–Kier alpha value is -3.23. The van der Waals surface area contributed by atoms with Gasteiger partial charge in [-0.15, -0.1) is 0 Å². The molecule has 0 rings (SSSR count). The molecule has 8 heteroatoms. The first kappa shape index (κ1) is 61.8. The van der Waals surface area contributed by atoms with Crippen molar-refractivity contribution in [1.29, 1.82) is 0 Å². The molecule has 374 valence electrons. The maximum atomic E-state index is 12.8. The Morgan fingerprint density at radius 3 is 1.35 bits per heavy atom. The molecular formula is C57H99NO7. The fourth-order valence-electron chi connectivity index (χ4n) is 7.53. The minimum absolute atomic E-state index is 0.0265. The second-order valence-electron chi connectivity index (χ2n) is 18.8. The van der Waals surface area contributed by atoms with E-state index in [2.05, 4.69) is 86.8 Å². The van der Waals surface area contributed by atoms with Crippen LogP contribution in [0.2, 0.25) is 0 Å². The van der Waals surface area contributed by atoms with Crippen LogP contribution in [0.25, 0.3) is 0 Å². The molecule has 0 aliphatic rings. The third-order valence-corrected chi connectivity index (χ3v) is 11.7. The third kappa shape index (κ3) is 45.7. The molecule has 0 radical (unpaired) electrons. The molecule has 0 aromatic carbocycles. The number of carboxylic acids is 1. The Morgan fingerprint density at radius 1 is 0.477 bits per heavy atom. The lowest BCUT2D eigenvalue weighted by Gasteiger charge is -2.34. The zero-order valence-corrected chi connectivity index (χ0v) is 42.6. The predicted molar refractivity (Wildman–Crippen MR) is 272 cm³/mol. The van der Waals surface area contributed by atoms with Crippen LogP contribution in [0.1, 0.15) is 219 Å². The van der Waals surface area contributed by atoms with E-state index in [0.717, 1.165) is 83.5 Å². The van der Waals surface area contributed by atoms with Crippen molar-refractivity contribution in [3.63, 3.8) is 0 Å². The maximum Gasteiger partial charge on any atom is 0.306 e. The SMILES string of the molecule is CCCCC/C=C/C=C/C=C/C=C/CCCCCCCC(=O)OCC(COCCC(C(=O)[O-])[N+](C)(C)C)OC(=O)CCCCCCCCC/C=C/C/C=C/CCCCCCCCCCC. The van der Waals surface area contributed by atoms with E-state index in [4.69, 9.17) is 14.2 Å². The van der Waals surface area contributed by atoms with Gasteiger partial charge in [-0.2, -0.15) is 0 Å². The van der Waals surface area contributed by atoms with Crippen LogP contribution in [0, 0.1) is 0 Å². The van der Waals surface area contributed by atoms with Crippen molar-refractivity contribution in [2.75, 3.05) is 41.0 Å². The van der Waals surface area contributed by atoms with Crippen LogP contribution in [0.15, 0.2) is 72.9 Å². The zero-order valence-electron chi connectivity index (χ0n) is 42.6. The normalized spacial score (nSPS) is 13.4. The van der Waals surface area contributed by atoms with Gasteiger partial charge in [0.25, 0.3) is 0 Å². The standard InChI is InChI=1S/C57H99NO7/c1-6-8-10-12-14-16-18-20-22-24-26-27-28-29-30-32-34-36-38-40-42-44-46-48-56(60)65-53(51-63-50-49-54(57(61)62)58(3,4)5)52-64-55(59)47-45-43-41-39-37-35-33-31-25-23-21-19-17-15-13-11-9-7-2/h15,17,19,21,23,25-27,29-31,33,53-54H,6-14,16,18,20,22,24,28,32,34-52H2,1-5H3/b17-15+,21-19+,25-23+,27-26+,30-29+,33-31+. The van der Waals surface area contributed by atoms with E-state index < -0.39 is 18.1 Å². The number of likely N-dealkylation sites (N-methyl/N-ethyl adjacent to an activating group) is 1. The molecular weight excluding hydrogens is 811 g/mol. The monoisotopic (exact) mass is 910 g/mol. The first-order valence-corrected chi connectivity index (χ1v) is 26.5. The number of allylic oxidation sites excluding steroid dienone is 12. The average Bonchev–Trinajstić information content (AvgIpc) is 3.27. The van der Waals surface area contributed by atoms with E-state index in [-0.39, 0.29) is 42.7 Å².